The van der Waals surface area contributed by atoms with E-state index in [4.69, 9.17) is 32.7 Å². The fourth-order valence-corrected chi connectivity index (χ4v) is 3.31. The van der Waals surface area contributed by atoms with Crippen LogP contribution >= 0.6 is 23.2 Å². The van der Waals surface area contributed by atoms with Gasteiger partial charge < -0.3 is 14.8 Å². The van der Waals surface area contributed by atoms with Crippen LogP contribution in [0.4, 0.5) is 5.69 Å². The summed E-state index contributed by atoms with van der Waals surface area (Å²) in [5.74, 6) is -0.847. The lowest BCUT2D eigenvalue weighted by Crippen LogP contribution is -2.16. The maximum Gasteiger partial charge on any atom is 0.339 e. The van der Waals surface area contributed by atoms with E-state index in [1.165, 1.54) is 19.3 Å². The van der Waals surface area contributed by atoms with Crippen molar-refractivity contribution in [2.75, 3.05) is 12.4 Å². The SMILES string of the molecule is COC(=O)c1ccccc1NC(=O)C(C#N)=Cc1ccc(OCc2ccccc2Cl)c(Cl)c1. The average Bonchev–Trinajstić information content (AvgIpc) is 2.82. The molecule has 0 unspecified atom stereocenters. The predicted octanol–water partition coefficient (Wildman–Crippen LogP) is 5.90. The number of nitrogens with zero attached hydrogens (tertiary/aromatic N) is 1. The quantitative estimate of drug-likeness (QED) is 0.258. The van der Waals surface area contributed by atoms with Crippen LogP contribution in [0.2, 0.25) is 10.0 Å². The van der Waals surface area contributed by atoms with E-state index in [1.54, 1.807) is 42.5 Å². The number of esters is 1. The number of rotatable bonds is 7. The Morgan fingerprint density at radius 1 is 1.03 bits per heavy atom. The molecule has 0 aliphatic heterocycles. The summed E-state index contributed by atoms with van der Waals surface area (Å²) in [7, 11) is 1.24. The van der Waals surface area contributed by atoms with E-state index >= 15 is 0 Å². The molecule has 0 fully saturated rings. The number of nitriles is 1. The van der Waals surface area contributed by atoms with Gasteiger partial charge in [0.05, 0.1) is 23.4 Å². The molecule has 1 N–H and O–H groups in total. The molecule has 0 aromatic heterocycles. The molecule has 0 aliphatic rings. The van der Waals surface area contributed by atoms with Gasteiger partial charge in [0.25, 0.3) is 5.91 Å². The largest absolute Gasteiger partial charge is 0.487 e. The summed E-state index contributed by atoms with van der Waals surface area (Å²) in [5, 5.41) is 12.9. The van der Waals surface area contributed by atoms with Gasteiger partial charge in [-0.25, -0.2) is 4.79 Å². The van der Waals surface area contributed by atoms with Crippen molar-refractivity contribution in [2.45, 2.75) is 6.61 Å². The molecule has 0 atom stereocenters. The number of carbonyl (C=O) groups is 2. The second-order valence-corrected chi connectivity index (χ2v) is 7.55. The number of methoxy groups -OCH3 is 1. The Morgan fingerprint density at radius 2 is 1.76 bits per heavy atom. The van der Waals surface area contributed by atoms with Crippen molar-refractivity contribution < 1.29 is 19.1 Å². The zero-order valence-electron chi connectivity index (χ0n) is 17.5. The number of para-hydroxylation sites is 1. The molecule has 6 nitrogen and oxygen atoms in total. The summed E-state index contributed by atoms with van der Waals surface area (Å²) in [6.07, 6.45) is 1.39. The summed E-state index contributed by atoms with van der Waals surface area (Å²) in [6.45, 7) is 0.236. The molecule has 0 saturated carbocycles. The van der Waals surface area contributed by atoms with Gasteiger partial charge in [-0.05, 0) is 42.0 Å². The fourth-order valence-electron chi connectivity index (χ4n) is 2.88. The highest BCUT2D eigenvalue weighted by atomic mass is 35.5. The van der Waals surface area contributed by atoms with Gasteiger partial charge in [0.15, 0.2) is 0 Å². The Kier molecular flexibility index (Phi) is 8.09. The topological polar surface area (TPSA) is 88.4 Å². The van der Waals surface area contributed by atoms with Gasteiger partial charge in [-0.15, -0.1) is 0 Å². The second-order valence-electron chi connectivity index (χ2n) is 6.73. The van der Waals surface area contributed by atoms with Crippen LogP contribution in [0.1, 0.15) is 21.5 Å². The molecule has 0 saturated heterocycles. The van der Waals surface area contributed by atoms with Gasteiger partial charge in [-0.3, -0.25) is 4.79 Å². The first-order valence-electron chi connectivity index (χ1n) is 9.69. The van der Waals surface area contributed by atoms with Crippen LogP contribution in [-0.2, 0) is 16.1 Å². The molecule has 3 aromatic rings. The molecule has 0 heterocycles. The molecular weight excluding hydrogens is 463 g/mol. The molecule has 1 amide bonds. The van der Waals surface area contributed by atoms with Crippen LogP contribution in [0.5, 0.6) is 5.75 Å². The Balaban J connectivity index is 1.75. The van der Waals surface area contributed by atoms with E-state index in [1.807, 2.05) is 24.3 Å². The van der Waals surface area contributed by atoms with E-state index in [-0.39, 0.29) is 23.4 Å². The number of hydrogen-bond acceptors (Lipinski definition) is 5. The third-order valence-electron chi connectivity index (χ3n) is 4.55. The summed E-state index contributed by atoms with van der Waals surface area (Å²) < 4.78 is 10.5. The first-order chi connectivity index (χ1) is 15.9. The standard InChI is InChI=1S/C25H18Cl2N2O4/c1-32-25(31)19-7-3-5-9-22(19)29-24(30)18(14-28)12-16-10-11-23(21(27)13-16)33-15-17-6-2-4-8-20(17)26/h2-13H,15H2,1H3,(H,29,30). The number of amides is 1. The number of carbonyl (C=O) groups excluding carboxylic acids is 2. The van der Waals surface area contributed by atoms with Gasteiger partial charge >= 0.3 is 5.97 Å². The highest BCUT2D eigenvalue weighted by Gasteiger charge is 2.16. The zero-order chi connectivity index (χ0) is 23.8. The molecule has 0 aliphatic carbocycles. The van der Waals surface area contributed by atoms with Gasteiger partial charge in [0.1, 0.15) is 24.0 Å². The van der Waals surface area contributed by atoms with Gasteiger partial charge in [-0.1, -0.05) is 59.6 Å². The smallest absolute Gasteiger partial charge is 0.339 e. The van der Waals surface area contributed by atoms with Crippen LogP contribution in [0, 0.1) is 11.3 Å². The first kappa shape index (κ1) is 23.9. The van der Waals surface area contributed by atoms with Gasteiger partial charge in [0, 0.05) is 10.6 Å². The van der Waals surface area contributed by atoms with Crippen molar-refractivity contribution in [1.82, 2.24) is 0 Å². The third kappa shape index (κ3) is 6.13. The number of nitrogens with one attached hydrogen (secondary N) is 1. The van der Waals surface area contributed by atoms with Crippen LogP contribution in [0.15, 0.2) is 72.3 Å². The van der Waals surface area contributed by atoms with E-state index in [0.717, 1.165) is 5.56 Å². The van der Waals surface area contributed by atoms with Crippen LogP contribution in [0.3, 0.4) is 0 Å². The highest BCUT2D eigenvalue weighted by molar-refractivity contribution is 6.32. The maximum atomic E-state index is 12.6. The molecule has 33 heavy (non-hydrogen) atoms. The molecule has 0 spiro atoms. The van der Waals surface area contributed by atoms with Crippen molar-refractivity contribution >= 4 is 46.8 Å². The summed E-state index contributed by atoms with van der Waals surface area (Å²) >= 11 is 12.5. The van der Waals surface area contributed by atoms with E-state index in [2.05, 4.69) is 5.32 Å². The summed E-state index contributed by atoms with van der Waals surface area (Å²) in [6, 6.07) is 20.4. The third-order valence-corrected chi connectivity index (χ3v) is 5.22. The predicted molar refractivity (Wildman–Crippen MR) is 127 cm³/mol. The van der Waals surface area contributed by atoms with Crippen molar-refractivity contribution in [2.24, 2.45) is 0 Å². The van der Waals surface area contributed by atoms with Crippen LogP contribution in [0.25, 0.3) is 6.08 Å². The number of halogens is 2. The Hall–Kier alpha value is -3.79. The number of benzene rings is 3. The van der Waals surface area contributed by atoms with Crippen LogP contribution in [-0.4, -0.2) is 19.0 Å². The van der Waals surface area contributed by atoms with Crippen molar-refractivity contribution in [3.8, 4) is 11.8 Å². The number of ether oxygens (including phenoxy) is 2. The average molecular weight is 481 g/mol. The minimum Gasteiger partial charge on any atom is -0.487 e. The minimum atomic E-state index is -0.677. The lowest BCUT2D eigenvalue weighted by molar-refractivity contribution is -0.112. The molecule has 0 bridgehead atoms. The molecular formula is C25H18Cl2N2O4. The molecule has 8 heteroatoms. The maximum absolute atomic E-state index is 12.6. The summed E-state index contributed by atoms with van der Waals surface area (Å²) in [4.78, 5) is 24.5. The number of hydrogen-bond donors (Lipinski definition) is 1. The van der Waals surface area contributed by atoms with Gasteiger partial charge in [0.2, 0.25) is 0 Å². The lowest BCUT2D eigenvalue weighted by Gasteiger charge is -2.10. The molecule has 166 valence electrons. The normalized spacial score (nSPS) is 10.8. The Morgan fingerprint density at radius 3 is 2.45 bits per heavy atom. The van der Waals surface area contributed by atoms with Gasteiger partial charge in [-0.2, -0.15) is 5.26 Å². The Labute approximate surface area is 201 Å². The van der Waals surface area contributed by atoms with E-state index in [0.29, 0.717) is 21.4 Å². The monoisotopic (exact) mass is 480 g/mol. The van der Waals surface area contributed by atoms with Crippen molar-refractivity contribution in [3.63, 3.8) is 0 Å². The fraction of sp³-hybridized carbons (Fsp3) is 0.0800. The highest BCUT2D eigenvalue weighted by Crippen LogP contribution is 2.28. The van der Waals surface area contributed by atoms with Crippen molar-refractivity contribution in [1.29, 1.82) is 5.26 Å². The molecule has 3 rings (SSSR count). The zero-order valence-corrected chi connectivity index (χ0v) is 19.0. The minimum absolute atomic E-state index is 0.171. The van der Waals surface area contributed by atoms with E-state index < -0.39 is 11.9 Å². The second kappa shape index (κ2) is 11.2. The molecule has 0 radical (unpaired) electrons. The summed E-state index contributed by atoms with van der Waals surface area (Å²) in [5.41, 5.74) is 1.58. The molecule has 3 aromatic carbocycles. The van der Waals surface area contributed by atoms with Crippen molar-refractivity contribution in [3.05, 3.63) is 99.0 Å². The van der Waals surface area contributed by atoms with E-state index in [9.17, 15) is 14.9 Å². The lowest BCUT2D eigenvalue weighted by atomic mass is 10.1. The first-order valence-corrected chi connectivity index (χ1v) is 10.4. The Bertz CT molecular complexity index is 1270. The number of anilines is 1. The van der Waals surface area contributed by atoms with Crippen LogP contribution < -0.4 is 10.1 Å².